The normalized spacial score (nSPS) is 11.6. The van der Waals surface area contributed by atoms with Crippen molar-refractivity contribution in [1.29, 1.82) is 0 Å². The number of hydrogen-bond acceptors (Lipinski definition) is 5. The van der Waals surface area contributed by atoms with Crippen LogP contribution in [-0.4, -0.2) is 44.5 Å². The Kier molecular flexibility index (Phi) is 6.28. The van der Waals surface area contributed by atoms with Gasteiger partial charge < -0.3 is 4.74 Å². The lowest BCUT2D eigenvalue weighted by Crippen LogP contribution is -2.34. The Balaban J connectivity index is 3.24. The van der Waals surface area contributed by atoms with Crippen LogP contribution in [0.2, 0.25) is 5.02 Å². The summed E-state index contributed by atoms with van der Waals surface area (Å²) in [6.07, 6.45) is 1.43. The highest BCUT2D eigenvalue weighted by Crippen LogP contribution is 2.28. The fourth-order valence-electron chi connectivity index (χ4n) is 1.59. The Bertz CT molecular complexity index is 633. The quantitative estimate of drug-likeness (QED) is 0.412. The molecule has 21 heavy (non-hydrogen) atoms. The minimum atomic E-state index is -3.89. The smallest absolute Gasteiger partial charge is 0.289 e. The van der Waals surface area contributed by atoms with Gasteiger partial charge in [0.1, 0.15) is 5.02 Å². The SMILES string of the molecule is C=CCN(CCOC)S(=O)(=O)c1ccc(Cl)c([N+](=O)[O-])c1. The molecule has 1 rings (SSSR count). The van der Waals surface area contributed by atoms with Crippen LogP contribution in [0.5, 0.6) is 0 Å². The third-order valence-corrected chi connectivity index (χ3v) is 4.81. The van der Waals surface area contributed by atoms with Crippen LogP contribution in [0.3, 0.4) is 0 Å². The highest BCUT2D eigenvalue weighted by molar-refractivity contribution is 7.89. The zero-order valence-electron chi connectivity index (χ0n) is 11.4. The Morgan fingerprint density at radius 3 is 2.71 bits per heavy atom. The molecule has 0 unspecified atom stereocenters. The summed E-state index contributed by atoms with van der Waals surface area (Å²) in [6.45, 7) is 3.88. The van der Waals surface area contributed by atoms with Crippen molar-refractivity contribution in [2.75, 3.05) is 26.8 Å². The van der Waals surface area contributed by atoms with E-state index in [1.54, 1.807) is 0 Å². The Morgan fingerprint density at radius 2 is 2.19 bits per heavy atom. The van der Waals surface area contributed by atoms with Crippen molar-refractivity contribution in [3.63, 3.8) is 0 Å². The van der Waals surface area contributed by atoms with Gasteiger partial charge in [-0.05, 0) is 12.1 Å². The lowest BCUT2D eigenvalue weighted by atomic mass is 10.3. The molecule has 116 valence electrons. The zero-order valence-corrected chi connectivity index (χ0v) is 12.9. The summed E-state index contributed by atoms with van der Waals surface area (Å²) >= 11 is 5.68. The van der Waals surface area contributed by atoms with Gasteiger partial charge in [-0.25, -0.2) is 8.42 Å². The highest BCUT2D eigenvalue weighted by Gasteiger charge is 2.26. The van der Waals surface area contributed by atoms with Crippen molar-refractivity contribution in [3.05, 3.63) is 46.0 Å². The first kappa shape index (κ1) is 17.6. The summed E-state index contributed by atoms with van der Waals surface area (Å²) < 4.78 is 30.9. The van der Waals surface area contributed by atoms with Crippen molar-refractivity contribution in [2.45, 2.75) is 4.90 Å². The molecule has 0 fully saturated rings. The molecule has 0 N–H and O–H groups in total. The fourth-order valence-corrected chi connectivity index (χ4v) is 3.19. The lowest BCUT2D eigenvalue weighted by Gasteiger charge is -2.20. The maximum Gasteiger partial charge on any atom is 0.289 e. The van der Waals surface area contributed by atoms with Crippen molar-refractivity contribution in [2.24, 2.45) is 0 Å². The second kappa shape index (κ2) is 7.51. The van der Waals surface area contributed by atoms with E-state index in [9.17, 15) is 18.5 Å². The van der Waals surface area contributed by atoms with E-state index >= 15 is 0 Å². The third-order valence-electron chi connectivity index (χ3n) is 2.63. The molecule has 0 spiro atoms. The number of methoxy groups -OCH3 is 1. The number of hydrogen-bond donors (Lipinski definition) is 0. The van der Waals surface area contributed by atoms with Gasteiger partial charge >= 0.3 is 0 Å². The van der Waals surface area contributed by atoms with Crippen LogP contribution in [-0.2, 0) is 14.8 Å². The number of ether oxygens (including phenoxy) is 1. The van der Waals surface area contributed by atoms with Gasteiger partial charge in [0.15, 0.2) is 0 Å². The molecule has 0 radical (unpaired) electrons. The van der Waals surface area contributed by atoms with Crippen molar-refractivity contribution < 1.29 is 18.1 Å². The first-order valence-electron chi connectivity index (χ1n) is 5.88. The number of benzene rings is 1. The third kappa shape index (κ3) is 4.24. The molecule has 0 aromatic heterocycles. The Morgan fingerprint density at radius 1 is 1.52 bits per heavy atom. The molecule has 0 amide bonds. The molecular weight excluding hydrogens is 320 g/mol. The van der Waals surface area contributed by atoms with E-state index in [0.29, 0.717) is 0 Å². The summed E-state index contributed by atoms with van der Waals surface area (Å²) in [4.78, 5) is 9.92. The van der Waals surface area contributed by atoms with Crippen LogP contribution in [0.4, 0.5) is 5.69 Å². The predicted octanol–water partition coefficient (Wildman–Crippen LogP) is 2.07. The van der Waals surface area contributed by atoms with Gasteiger partial charge in [0.05, 0.1) is 16.4 Å². The van der Waals surface area contributed by atoms with E-state index in [1.165, 1.54) is 25.3 Å². The molecule has 0 saturated carbocycles. The average Bonchev–Trinajstić information content (AvgIpc) is 2.43. The van der Waals surface area contributed by atoms with Crippen molar-refractivity contribution in [3.8, 4) is 0 Å². The molecule has 0 saturated heterocycles. The number of nitro benzene ring substituents is 1. The van der Waals surface area contributed by atoms with Crippen molar-refractivity contribution in [1.82, 2.24) is 4.31 Å². The van der Waals surface area contributed by atoms with Gasteiger partial charge in [-0.3, -0.25) is 10.1 Å². The Labute approximate surface area is 128 Å². The molecule has 1 aromatic rings. The molecule has 0 aliphatic carbocycles. The first-order valence-corrected chi connectivity index (χ1v) is 7.70. The largest absolute Gasteiger partial charge is 0.383 e. The summed E-state index contributed by atoms with van der Waals surface area (Å²) in [7, 11) is -2.44. The summed E-state index contributed by atoms with van der Waals surface area (Å²) in [5.41, 5.74) is -0.456. The van der Waals surface area contributed by atoms with Crippen LogP contribution >= 0.6 is 11.6 Å². The predicted molar refractivity (Wildman–Crippen MR) is 78.9 cm³/mol. The van der Waals surface area contributed by atoms with Gasteiger partial charge in [-0.2, -0.15) is 4.31 Å². The molecule has 0 aliphatic rings. The van der Waals surface area contributed by atoms with Crippen LogP contribution < -0.4 is 0 Å². The van der Waals surface area contributed by atoms with Crippen molar-refractivity contribution >= 4 is 27.3 Å². The average molecular weight is 335 g/mol. The second-order valence-electron chi connectivity index (χ2n) is 4.01. The topological polar surface area (TPSA) is 89.8 Å². The minimum absolute atomic E-state index is 0.0715. The van der Waals surface area contributed by atoms with E-state index in [4.69, 9.17) is 16.3 Å². The monoisotopic (exact) mass is 334 g/mol. The van der Waals surface area contributed by atoms with E-state index < -0.39 is 20.6 Å². The van der Waals surface area contributed by atoms with Gasteiger partial charge in [-0.1, -0.05) is 17.7 Å². The van der Waals surface area contributed by atoms with Gasteiger partial charge in [-0.15, -0.1) is 6.58 Å². The molecule has 0 atom stereocenters. The maximum absolute atomic E-state index is 12.5. The number of nitro groups is 1. The maximum atomic E-state index is 12.5. The molecule has 1 aromatic carbocycles. The number of sulfonamides is 1. The van der Waals surface area contributed by atoms with E-state index in [0.717, 1.165) is 10.4 Å². The standard InChI is InChI=1S/C12H15ClN2O5S/c1-3-6-14(7-8-20-2)21(18,19)10-4-5-11(13)12(9-10)15(16)17/h3-5,9H,1,6-8H2,2H3. The van der Waals surface area contributed by atoms with Gasteiger partial charge in [0.25, 0.3) is 5.69 Å². The molecule has 7 nitrogen and oxygen atoms in total. The molecule has 9 heteroatoms. The molecule has 0 aliphatic heterocycles. The van der Waals surface area contributed by atoms with E-state index in [-0.39, 0.29) is 29.6 Å². The molecular formula is C12H15ClN2O5S. The lowest BCUT2D eigenvalue weighted by molar-refractivity contribution is -0.384. The molecule has 0 heterocycles. The van der Waals surface area contributed by atoms with Crippen LogP contribution in [0.1, 0.15) is 0 Å². The molecule has 0 bridgehead atoms. The first-order chi connectivity index (χ1) is 9.84. The number of halogens is 1. The van der Waals surface area contributed by atoms with Gasteiger partial charge in [0.2, 0.25) is 10.0 Å². The van der Waals surface area contributed by atoms with Crippen LogP contribution in [0.15, 0.2) is 35.7 Å². The fraction of sp³-hybridized carbons (Fsp3) is 0.333. The van der Waals surface area contributed by atoms with Gasteiger partial charge in [0, 0.05) is 26.3 Å². The Hall–Kier alpha value is -1.48. The van der Waals surface area contributed by atoms with Crippen LogP contribution in [0.25, 0.3) is 0 Å². The minimum Gasteiger partial charge on any atom is -0.383 e. The summed E-state index contributed by atoms with van der Waals surface area (Å²) in [5.74, 6) is 0. The number of rotatable bonds is 8. The van der Waals surface area contributed by atoms with E-state index in [1.807, 2.05) is 0 Å². The zero-order chi connectivity index (χ0) is 16.0. The summed E-state index contributed by atoms with van der Waals surface area (Å²) in [6, 6.07) is 3.36. The summed E-state index contributed by atoms with van der Waals surface area (Å²) in [5, 5.41) is 10.7. The van der Waals surface area contributed by atoms with E-state index in [2.05, 4.69) is 6.58 Å². The second-order valence-corrected chi connectivity index (χ2v) is 6.36. The number of nitrogens with zero attached hydrogens (tertiary/aromatic N) is 2. The van der Waals surface area contributed by atoms with Crippen LogP contribution in [0, 0.1) is 10.1 Å². The highest BCUT2D eigenvalue weighted by atomic mass is 35.5.